The molecule has 0 fully saturated rings. The van der Waals surface area contributed by atoms with Crippen molar-refractivity contribution in [1.82, 2.24) is 15.1 Å². The predicted molar refractivity (Wildman–Crippen MR) is 118 cm³/mol. The highest BCUT2D eigenvalue weighted by molar-refractivity contribution is 6.30. The maximum Gasteiger partial charge on any atom is 0.284 e. The number of rotatable bonds is 6. The summed E-state index contributed by atoms with van der Waals surface area (Å²) in [6.07, 6.45) is 0. The molecule has 0 spiro atoms. The first-order chi connectivity index (χ1) is 14.3. The molecule has 1 amide bonds. The van der Waals surface area contributed by atoms with E-state index < -0.39 is 17.5 Å². The minimum Gasteiger partial charge on any atom is -0.394 e. The summed E-state index contributed by atoms with van der Waals surface area (Å²) < 4.78 is 1.23. The van der Waals surface area contributed by atoms with Crippen LogP contribution in [0.1, 0.15) is 29.8 Å². The SMILES string of the molecule is Cc1cccc(-n2nc(-c3ccc(Cl)cc3)cc(C(=O)N[C@H](CO)C(C)C)c2=O)c1. The van der Waals surface area contributed by atoms with Gasteiger partial charge in [-0.05, 0) is 48.7 Å². The summed E-state index contributed by atoms with van der Waals surface area (Å²) in [5.41, 5.74) is 2.13. The third-order valence-corrected chi connectivity index (χ3v) is 5.11. The van der Waals surface area contributed by atoms with E-state index >= 15 is 0 Å². The fraction of sp³-hybridized carbons (Fsp3) is 0.261. The molecule has 156 valence electrons. The summed E-state index contributed by atoms with van der Waals surface area (Å²) in [4.78, 5) is 26.1. The van der Waals surface area contributed by atoms with Gasteiger partial charge in [0.05, 0.1) is 24.0 Å². The fourth-order valence-corrected chi connectivity index (χ4v) is 3.15. The van der Waals surface area contributed by atoms with E-state index in [2.05, 4.69) is 10.4 Å². The lowest BCUT2D eigenvalue weighted by Crippen LogP contribution is -2.43. The standard InChI is InChI=1S/C23H24ClN3O3/c1-14(2)21(13-28)25-22(29)19-12-20(16-7-9-17(24)10-8-16)26-27(23(19)30)18-6-4-5-15(3)11-18/h4-12,14,21,28H,13H2,1-3H3,(H,25,29)/t21-/m1/s1. The van der Waals surface area contributed by atoms with Crippen LogP contribution in [0, 0.1) is 12.8 Å². The van der Waals surface area contributed by atoms with E-state index in [1.807, 2.05) is 39.0 Å². The molecule has 0 aliphatic heterocycles. The molecule has 0 unspecified atom stereocenters. The van der Waals surface area contributed by atoms with Crippen molar-refractivity contribution in [3.8, 4) is 16.9 Å². The number of aliphatic hydroxyl groups excluding tert-OH is 1. The Balaban J connectivity index is 2.16. The van der Waals surface area contributed by atoms with Crippen molar-refractivity contribution < 1.29 is 9.90 Å². The maximum atomic E-state index is 13.2. The first kappa shape index (κ1) is 21.7. The Kier molecular flexibility index (Phi) is 6.70. The smallest absolute Gasteiger partial charge is 0.284 e. The van der Waals surface area contributed by atoms with Gasteiger partial charge in [-0.2, -0.15) is 9.78 Å². The van der Waals surface area contributed by atoms with Gasteiger partial charge < -0.3 is 10.4 Å². The lowest BCUT2D eigenvalue weighted by molar-refractivity contribution is 0.0894. The van der Waals surface area contributed by atoms with Gasteiger partial charge in [0, 0.05) is 10.6 Å². The minimum absolute atomic E-state index is 0.00974. The molecule has 0 aliphatic carbocycles. The highest BCUT2D eigenvalue weighted by Crippen LogP contribution is 2.20. The zero-order chi connectivity index (χ0) is 21.8. The number of nitrogens with one attached hydrogen (secondary N) is 1. The number of amides is 1. The zero-order valence-corrected chi connectivity index (χ0v) is 17.8. The van der Waals surface area contributed by atoms with Gasteiger partial charge in [-0.1, -0.05) is 49.7 Å². The van der Waals surface area contributed by atoms with Crippen molar-refractivity contribution in [1.29, 1.82) is 0 Å². The molecule has 3 rings (SSSR count). The van der Waals surface area contributed by atoms with Crippen molar-refractivity contribution in [2.45, 2.75) is 26.8 Å². The lowest BCUT2D eigenvalue weighted by Gasteiger charge is -2.20. The molecule has 0 bridgehead atoms. The van der Waals surface area contributed by atoms with Gasteiger partial charge in [-0.15, -0.1) is 0 Å². The first-order valence-corrected chi connectivity index (χ1v) is 10.1. The summed E-state index contributed by atoms with van der Waals surface area (Å²) in [6.45, 7) is 5.47. The number of aliphatic hydroxyl groups is 1. The summed E-state index contributed by atoms with van der Waals surface area (Å²) in [5.74, 6) is -0.540. The lowest BCUT2D eigenvalue weighted by atomic mass is 10.0. The largest absolute Gasteiger partial charge is 0.394 e. The van der Waals surface area contributed by atoms with Gasteiger partial charge in [0.25, 0.3) is 11.5 Å². The molecule has 1 atom stereocenters. The van der Waals surface area contributed by atoms with Gasteiger partial charge >= 0.3 is 0 Å². The molecule has 2 aromatic carbocycles. The first-order valence-electron chi connectivity index (χ1n) is 9.69. The number of hydrogen-bond acceptors (Lipinski definition) is 4. The average molecular weight is 426 g/mol. The Morgan fingerprint density at radius 3 is 2.47 bits per heavy atom. The van der Waals surface area contributed by atoms with E-state index in [1.54, 1.807) is 30.3 Å². The summed E-state index contributed by atoms with van der Waals surface area (Å²) in [7, 11) is 0. The minimum atomic E-state index is -0.549. The third kappa shape index (κ3) is 4.78. The Morgan fingerprint density at radius 2 is 1.87 bits per heavy atom. The Morgan fingerprint density at radius 1 is 1.17 bits per heavy atom. The van der Waals surface area contributed by atoms with Crippen molar-refractivity contribution in [2.75, 3.05) is 6.61 Å². The topological polar surface area (TPSA) is 84.2 Å². The highest BCUT2D eigenvalue weighted by atomic mass is 35.5. The van der Waals surface area contributed by atoms with Gasteiger partial charge in [0.15, 0.2) is 0 Å². The number of carbonyl (C=O) groups excluding carboxylic acids is 1. The van der Waals surface area contributed by atoms with Crippen LogP contribution in [0.2, 0.25) is 5.02 Å². The van der Waals surface area contributed by atoms with E-state index in [0.717, 1.165) is 11.1 Å². The van der Waals surface area contributed by atoms with Crippen LogP contribution in [0.3, 0.4) is 0 Å². The molecule has 0 aliphatic rings. The molecule has 0 radical (unpaired) electrons. The molecular formula is C23H24ClN3O3. The number of hydrogen-bond donors (Lipinski definition) is 2. The zero-order valence-electron chi connectivity index (χ0n) is 17.1. The number of aromatic nitrogens is 2. The Labute approximate surface area is 180 Å². The molecule has 0 saturated carbocycles. The summed E-state index contributed by atoms with van der Waals surface area (Å²) in [5, 5.41) is 17.4. The van der Waals surface area contributed by atoms with Crippen molar-refractivity contribution >= 4 is 17.5 Å². The van der Waals surface area contributed by atoms with Crippen LogP contribution in [0.4, 0.5) is 0 Å². The van der Waals surface area contributed by atoms with Gasteiger partial charge in [-0.25, -0.2) is 0 Å². The summed E-state index contributed by atoms with van der Waals surface area (Å²) in [6, 6.07) is 15.4. The third-order valence-electron chi connectivity index (χ3n) is 4.86. The van der Waals surface area contributed by atoms with E-state index in [-0.39, 0.29) is 18.1 Å². The molecule has 6 nitrogen and oxygen atoms in total. The number of nitrogens with zero attached hydrogens (tertiary/aromatic N) is 2. The van der Waals surface area contributed by atoms with Gasteiger partial charge in [0.2, 0.25) is 0 Å². The number of benzene rings is 2. The van der Waals surface area contributed by atoms with Crippen molar-refractivity contribution in [2.24, 2.45) is 5.92 Å². The number of aryl methyl sites for hydroxylation is 1. The van der Waals surface area contributed by atoms with Crippen LogP contribution in [0.15, 0.2) is 59.4 Å². The number of halogens is 1. The molecule has 0 saturated heterocycles. The second kappa shape index (κ2) is 9.24. The normalized spacial score (nSPS) is 12.1. The van der Waals surface area contributed by atoms with E-state index in [0.29, 0.717) is 16.4 Å². The Hall–Kier alpha value is -2.96. The number of carbonyl (C=O) groups is 1. The predicted octanol–water partition coefficient (Wildman–Crippen LogP) is 3.61. The van der Waals surface area contributed by atoms with E-state index in [4.69, 9.17) is 11.6 Å². The average Bonchev–Trinajstić information content (AvgIpc) is 2.72. The molecular weight excluding hydrogens is 402 g/mol. The van der Waals surface area contributed by atoms with Crippen LogP contribution in [0.5, 0.6) is 0 Å². The van der Waals surface area contributed by atoms with E-state index in [9.17, 15) is 14.7 Å². The molecule has 30 heavy (non-hydrogen) atoms. The van der Waals surface area contributed by atoms with Crippen molar-refractivity contribution in [3.05, 3.63) is 81.1 Å². The second-order valence-electron chi connectivity index (χ2n) is 7.51. The van der Waals surface area contributed by atoms with Crippen LogP contribution >= 0.6 is 11.6 Å². The molecule has 1 aromatic heterocycles. The monoisotopic (exact) mass is 425 g/mol. The van der Waals surface area contributed by atoms with Crippen LogP contribution in [-0.4, -0.2) is 33.4 Å². The highest BCUT2D eigenvalue weighted by Gasteiger charge is 2.21. The maximum absolute atomic E-state index is 13.2. The molecule has 3 aromatic rings. The van der Waals surface area contributed by atoms with Gasteiger partial charge in [-0.3, -0.25) is 9.59 Å². The van der Waals surface area contributed by atoms with Crippen LogP contribution in [0.25, 0.3) is 16.9 Å². The van der Waals surface area contributed by atoms with E-state index in [1.165, 1.54) is 10.7 Å². The van der Waals surface area contributed by atoms with Crippen LogP contribution in [-0.2, 0) is 0 Å². The Bertz CT molecular complexity index is 1110. The van der Waals surface area contributed by atoms with Crippen LogP contribution < -0.4 is 10.9 Å². The molecule has 2 N–H and O–H groups in total. The molecule has 1 heterocycles. The second-order valence-corrected chi connectivity index (χ2v) is 7.95. The summed E-state index contributed by atoms with van der Waals surface area (Å²) >= 11 is 5.99. The fourth-order valence-electron chi connectivity index (χ4n) is 3.02. The van der Waals surface area contributed by atoms with Crippen molar-refractivity contribution in [3.63, 3.8) is 0 Å². The van der Waals surface area contributed by atoms with Gasteiger partial charge in [0.1, 0.15) is 5.56 Å². The quantitative estimate of drug-likeness (QED) is 0.631. The molecule has 7 heteroatoms.